The van der Waals surface area contributed by atoms with Gasteiger partial charge in [0.25, 0.3) is 0 Å². The first kappa shape index (κ1) is 9.86. The molecule has 4 nitrogen and oxygen atoms in total. The van der Waals surface area contributed by atoms with Crippen molar-refractivity contribution in [3.8, 4) is 5.75 Å². The fourth-order valence-corrected chi connectivity index (χ4v) is 1.38. The molecule has 15 heavy (non-hydrogen) atoms. The van der Waals surface area contributed by atoms with E-state index in [2.05, 4.69) is 15.3 Å². The molecular weight excluding hydrogens is 214 g/mol. The van der Waals surface area contributed by atoms with Crippen LogP contribution in [0.25, 0.3) is 0 Å². The summed E-state index contributed by atoms with van der Waals surface area (Å²) in [5.41, 5.74) is 1.84. The summed E-state index contributed by atoms with van der Waals surface area (Å²) in [5, 5.41) is 12.7. The van der Waals surface area contributed by atoms with E-state index >= 15 is 0 Å². The van der Waals surface area contributed by atoms with Gasteiger partial charge in [-0.25, -0.2) is 4.98 Å². The Morgan fingerprint density at radius 2 is 2.33 bits per heavy atom. The summed E-state index contributed by atoms with van der Waals surface area (Å²) >= 11 is 5.76. The number of phenols is 1. The predicted molar refractivity (Wildman–Crippen MR) is 59.0 cm³/mol. The maximum atomic E-state index is 9.22. The highest BCUT2D eigenvalue weighted by molar-refractivity contribution is 6.32. The Balaban J connectivity index is 2.02. The van der Waals surface area contributed by atoms with E-state index in [0.29, 0.717) is 11.6 Å². The Bertz CT molecular complexity index is 442. The molecule has 78 valence electrons. The maximum Gasteiger partial charge on any atom is 0.134 e. The van der Waals surface area contributed by atoms with Gasteiger partial charge in [-0.1, -0.05) is 11.6 Å². The second kappa shape index (κ2) is 4.23. The van der Waals surface area contributed by atoms with Crippen LogP contribution >= 0.6 is 11.6 Å². The summed E-state index contributed by atoms with van der Waals surface area (Å²) in [4.78, 5) is 6.88. The molecule has 0 saturated heterocycles. The minimum absolute atomic E-state index is 0.0868. The number of phenolic OH excluding ortho intramolecular Hbond substituents is 1. The van der Waals surface area contributed by atoms with E-state index in [1.165, 1.54) is 0 Å². The van der Waals surface area contributed by atoms with Crippen molar-refractivity contribution in [3.63, 3.8) is 0 Å². The molecule has 0 spiro atoms. The zero-order valence-corrected chi connectivity index (χ0v) is 8.62. The number of halogens is 1. The van der Waals surface area contributed by atoms with Crippen LogP contribution in [0.1, 0.15) is 5.69 Å². The monoisotopic (exact) mass is 223 g/mol. The zero-order valence-electron chi connectivity index (χ0n) is 7.87. The molecule has 1 aromatic heterocycles. The van der Waals surface area contributed by atoms with E-state index in [9.17, 15) is 5.11 Å². The highest BCUT2D eigenvalue weighted by Crippen LogP contribution is 2.26. The number of benzene rings is 1. The molecule has 0 fully saturated rings. The third-order valence-electron chi connectivity index (χ3n) is 1.99. The SMILES string of the molecule is Oc1ccc(NCc2cnc[nH]2)cc1Cl. The van der Waals surface area contributed by atoms with Crippen molar-refractivity contribution in [2.45, 2.75) is 6.54 Å². The van der Waals surface area contributed by atoms with Crippen LogP contribution in [-0.4, -0.2) is 15.1 Å². The minimum atomic E-state index is 0.0868. The predicted octanol–water partition coefficient (Wildman–Crippen LogP) is 2.38. The summed E-state index contributed by atoms with van der Waals surface area (Å²) in [6.07, 6.45) is 3.37. The van der Waals surface area contributed by atoms with Crippen LogP contribution in [0.4, 0.5) is 5.69 Å². The lowest BCUT2D eigenvalue weighted by Crippen LogP contribution is -1.99. The standard InChI is InChI=1S/C10H10ClN3O/c11-9-3-7(1-2-10(9)15)13-5-8-4-12-6-14-8/h1-4,6,13,15H,5H2,(H,12,14). The summed E-state index contributed by atoms with van der Waals surface area (Å²) < 4.78 is 0. The first-order chi connectivity index (χ1) is 7.25. The molecule has 0 radical (unpaired) electrons. The molecule has 5 heteroatoms. The van der Waals surface area contributed by atoms with Crippen molar-refractivity contribution in [2.24, 2.45) is 0 Å². The number of hydrogen-bond donors (Lipinski definition) is 3. The summed E-state index contributed by atoms with van der Waals surface area (Å²) in [6.45, 7) is 0.640. The number of rotatable bonds is 3. The lowest BCUT2D eigenvalue weighted by atomic mass is 10.3. The molecule has 3 N–H and O–H groups in total. The smallest absolute Gasteiger partial charge is 0.134 e. The number of nitrogens with one attached hydrogen (secondary N) is 2. The summed E-state index contributed by atoms with van der Waals surface area (Å²) in [7, 11) is 0. The van der Waals surface area contributed by atoms with Crippen LogP contribution in [-0.2, 0) is 6.54 Å². The second-order valence-corrected chi connectivity index (χ2v) is 3.50. The Kier molecular flexibility index (Phi) is 2.78. The summed E-state index contributed by atoms with van der Waals surface area (Å²) in [6, 6.07) is 4.99. The molecule has 0 aliphatic carbocycles. The van der Waals surface area contributed by atoms with Gasteiger partial charge in [0.1, 0.15) is 5.75 Å². The molecule has 0 unspecified atom stereocenters. The molecule has 0 amide bonds. The van der Waals surface area contributed by atoms with Gasteiger partial charge >= 0.3 is 0 Å². The lowest BCUT2D eigenvalue weighted by Gasteiger charge is -2.05. The number of H-pyrrole nitrogens is 1. The molecule has 0 aliphatic rings. The van der Waals surface area contributed by atoms with E-state index in [0.717, 1.165) is 11.4 Å². The van der Waals surface area contributed by atoms with Crippen molar-refractivity contribution in [1.29, 1.82) is 0 Å². The quantitative estimate of drug-likeness (QED) is 0.701. The van der Waals surface area contributed by atoms with Gasteiger partial charge in [0.2, 0.25) is 0 Å². The van der Waals surface area contributed by atoms with Crippen molar-refractivity contribution < 1.29 is 5.11 Å². The third-order valence-corrected chi connectivity index (χ3v) is 2.29. The van der Waals surface area contributed by atoms with Crippen LogP contribution in [0, 0.1) is 0 Å². The Morgan fingerprint density at radius 1 is 1.47 bits per heavy atom. The number of nitrogens with zero attached hydrogens (tertiary/aromatic N) is 1. The molecule has 0 bridgehead atoms. The van der Waals surface area contributed by atoms with Gasteiger partial charge in [-0.2, -0.15) is 0 Å². The van der Waals surface area contributed by atoms with Crippen LogP contribution in [0.5, 0.6) is 5.75 Å². The zero-order chi connectivity index (χ0) is 10.7. The van der Waals surface area contributed by atoms with Gasteiger partial charge in [-0.05, 0) is 18.2 Å². The van der Waals surface area contributed by atoms with E-state index in [1.54, 1.807) is 30.7 Å². The van der Waals surface area contributed by atoms with Crippen molar-refractivity contribution in [1.82, 2.24) is 9.97 Å². The van der Waals surface area contributed by atoms with E-state index in [4.69, 9.17) is 11.6 Å². The van der Waals surface area contributed by atoms with Crippen LogP contribution in [0.3, 0.4) is 0 Å². The second-order valence-electron chi connectivity index (χ2n) is 3.10. The average Bonchev–Trinajstić information content (AvgIpc) is 2.73. The number of imidazole rings is 1. The molecule has 0 aliphatic heterocycles. The van der Waals surface area contributed by atoms with Gasteiger partial charge < -0.3 is 15.4 Å². The fraction of sp³-hybridized carbons (Fsp3) is 0.100. The average molecular weight is 224 g/mol. The molecule has 2 rings (SSSR count). The molecule has 1 heterocycles. The largest absolute Gasteiger partial charge is 0.506 e. The molecule has 2 aromatic rings. The number of anilines is 1. The number of aromatic nitrogens is 2. The highest BCUT2D eigenvalue weighted by Gasteiger charge is 1.99. The van der Waals surface area contributed by atoms with Crippen LogP contribution in [0.2, 0.25) is 5.02 Å². The minimum Gasteiger partial charge on any atom is -0.506 e. The molecule has 0 atom stereocenters. The maximum absolute atomic E-state index is 9.22. The Labute approximate surface area is 91.9 Å². The van der Waals surface area contributed by atoms with Gasteiger partial charge in [-0.3, -0.25) is 0 Å². The van der Waals surface area contributed by atoms with Crippen LogP contribution in [0.15, 0.2) is 30.7 Å². The molecule has 1 aromatic carbocycles. The van der Waals surface area contributed by atoms with E-state index in [1.807, 2.05) is 0 Å². The molecule has 0 saturated carbocycles. The van der Waals surface area contributed by atoms with Gasteiger partial charge in [0.15, 0.2) is 0 Å². The van der Waals surface area contributed by atoms with E-state index in [-0.39, 0.29) is 5.75 Å². The van der Waals surface area contributed by atoms with Crippen LogP contribution < -0.4 is 5.32 Å². The van der Waals surface area contributed by atoms with Gasteiger partial charge in [0, 0.05) is 11.9 Å². The van der Waals surface area contributed by atoms with Crippen molar-refractivity contribution in [3.05, 3.63) is 41.4 Å². The normalized spacial score (nSPS) is 10.2. The van der Waals surface area contributed by atoms with Crippen molar-refractivity contribution in [2.75, 3.05) is 5.32 Å². The van der Waals surface area contributed by atoms with Gasteiger partial charge in [0.05, 0.1) is 23.6 Å². The molecular formula is C10H10ClN3O. The number of aromatic hydroxyl groups is 1. The first-order valence-corrected chi connectivity index (χ1v) is 4.83. The van der Waals surface area contributed by atoms with E-state index < -0.39 is 0 Å². The number of hydrogen-bond acceptors (Lipinski definition) is 3. The Hall–Kier alpha value is -1.68. The Morgan fingerprint density at radius 3 is 3.00 bits per heavy atom. The van der Waals surface area contributed by atoms with Gasteiger partial charge in [-0.15, -0.1) is 0 Å². The van der Waals surface area contributed by atoms with Crippen molar-refractivity contribution >= 4 is 17.3 Å². The fourth-order valence-electron chi connectivity index (χ4n) is 1.20. The first-order valence-electron chi connectivity index (χ1n) is 4.45. The third kappa shape index (κ3) is 2.41. The lowest BCUT2D eigenvalue weighted by molar-refractivity contribution is 0.475. The topological polar surface area (TPSA) is 60.9 Å². The summed E-state index contributed by atoms with van der Waals surface area (Å²) in [5.74, 6) is 0.0868. The highest BCUT2D eigenvalue weighted by atomic mass is 35.5. The number of aromatic amines is 1.